The minimum absolute atomic E-state index is 0.350. The molecule has 6 nitrogen and oxygen atoms in total. The van der Waals surface area contributed by atoms with Crippen LogP contribution in [0.2, 0.25) is 5.02 Å². The van der Waals surface area contributed by atoms with Crippen molar-refractivity contribution < 1.29 is 29.9 Å². The van der Waals surface area contributed by atoms with Crippen LogP contribution < -0.4 is 9.47 Å². The number of thioether (sulfide) groups is 1. The molecule has 3 aromatic carbocycles. The van der Waals surface area contributed by atoms with Crippen molar-refractivity contribution in [2.24, 2.45) is 0 Å². The monoisotopic (exact) mass is 488 g/mol. The standard InChI is InChI=1S/C25H25ClO6S/c26-17-9-10-20(32-25-24(30)23(29)22(28)21(14-27)33-25)16(13-17)11-15-5-4-8-19(12-15)31-18-6-2-1-3-7-18/h1-10,12-13,21-25,27-30H,11,14H2/t21-,22-,23+,24-,25-/m1/s1. The molecule has 0 aromatic heterocycles. The molecule has 1 heterocycles. The van der Waals surface area contributed by atoms with Crippen LogP contribution in [0.25, 0.3) is 0 Å². The molecular weight excluding hydrogens is 464 g/mol. The lowest BCUT2D eigenvalue weighted by molar-refractivity contribution is -0.0910. The average Bonchev–Trinajstić information content (AvgIpc) is 2.82. The van der Waals surface area contributed by atoms with Crippen LogP contribution in [-0.4, -0.2) is 56.0 Å². The van der Waals surface area contributed by atoms with Crippen molar-refractivity contribution in [3.8, 4) is 17.2 Å². The summed E-state index contributed by atoms with van der Waals surface area (Å²) in [6.07, 6.45) is -3.49. The van der Waals surface area contributed by atoms with Gasteiger partial charge in [0, 0.05) is 17.0 Å². The molecule has 0 radical (unpaired) electrons. The number of aliphatic hydroxyl groups is 4. The van der Waals surface area contributed by atoms with Crippen molar-refractivity contribution in [1.82, 2.24) is 0 Å². The zero-order valence-electron chi connectivity index (χ0n) is 17.6. The van der Waals surface area contributed by atoms with Gasteiger partial charge in [-0.15, -0.1) is 11.8 Å². The first kappa shape index (κ1) is 23.9. The molecule has 0 aliphatic carbocycles. The maximum absolute atomic E-state index is 10.4. The van der Waals surface area contributed by atoms with Crippen molar-refractivity contribution in [1.29, 1.82) is 0 Å². The highest BCUT2D eigenvalue weighted by atomic mass is 35.5. The maximum atomic E-state index is 10.4. The van der Waals surface area contributed by atoms with Crippen LogP contribution in [0, 0.1) is 0 Å². The molecule has 5 atom stereocenters. The highest BCUT2D eigenvalue weighted by Gasteiger charge is 2.44. The van der Waals surface area contributed by atoms with Crippen LogP contribution in [0.3, 0.4) is 0 Å². The molecule has 0 bridgehead atoms. The number of para-hydroxylation sites is 1. The second kappa shape index (κ2) is 10.8. The average molecular weight is 489 g/mol. The fraction of sp³-hybridized carbons (Fsp3) is 0.280. The summed E-state index contributed by atoms with van der Waals surface area (Å²) in [7, 11) is 0. The van der Waals surface area contributed by atoms with Gasteiger partial charge in [0.25, 0.3) is 0 Å². The molecule has 4 N–H and O–H groups in total. The molecule has 0 amide bonds. The van der Waals surface area contributed by atoms with Crippen molar-refractivity contribution in [2.75, 3.05) is 6.61 Å². The number of hydrogen-bond donors (Lipinski definition) is 4. The summed E-state index contributed by atoms with van der Waals surface area (Å²) in [6, 6.07) is 22.4. The topological polar surface area (TPSA) is 99.4 Å². The van der Waals surface area contributed by atoms with Gasteiger partial charge in [-0.2, -0.15) is 0 Å². The third-order valence-electron chi connectivity index (χ3n) is 5.39. The lowest BCUT2D eigenvalue weighted by Gasteiger charge is -2.39. The zero-order chi connectivity index (χ0) is 23.4. The second-order valence-electron chi connectivity index (χ2n) is 7.81. The molecule has 1 fully saturated rings. The van der Waals surface area contributed by atoms with Gasteiger partial charge in [-0.1, -0.05) is 41.9 Å². The molecular formula is C25H25ClO6S. The Morgan fingerprint density at radius 1 is 0.818 bits per heavy atom. The largest absolute Gasteiger partial charge is 0.477 e. The van der Waals surface area contributed by atoms with Crippen molar-refractivity contribution in [3.05, 3.63) is 88.9 Å². The fourth-order valence-electron chi connectivity index (χ4n) is 3.65. The summed E-state index contributed by atoms with van der Waals surface area (Å²) in [4.78, 5) is 0. The Morgan fingerprint density at radius 2 is 1.58 bits per heavy atom. The van der Waals surface area contributed by atoms with E-state index in [1.165, 1.54) is 0 Å². The van der Waals surface area contributed by atoms with E-state index in [1.807, 2.05) is 54.6 Å². The smallest absolute Gasteiger partial charge is 0.173 e. The summed E-state index contributed by atoms with van der Waals surface area (Å²) in [5.74, 6) is 1.93. The van der Waals surface area contributed by atoms with Gasteiger partial charge < -0.3 is 29.9 Å². The van der Waals surface area contributed by atoms with Gasteiger partial charge in [0.2, 0.25) is 0 Å². The summed E-state index contributed by atoms with van der Waals surface area (Å²) < 4.78 is 12.0. The van der Waals surface area contributed by atoms with E-state index in [4.69, 9.17) is 21.1 Å². The number of rotatable bonds is 7. The summed E-state index contributed by atoms with van der Waals surface area (Å²) in [5.41, 5.74) is 0.887. The Bertz CT molecular complexity index is 1060. The minimum Gasteiger partial charge on any atom is -0.477 e. The Kier molecular flexibility index (Phi) is 7.80. The highest BCUT2D eigenvalue weighted by Crippen LogP contribution is 2.36. The number of halogens is 1. The zero-order valence-corrected chi connectivity index (χ0v) is 19.2. The van der Waals surface area contributed by atoms with Crippen molar-refractivity contribution in [2.45, 2.75) is 35.4 Å². The van der Waals surface area contributed by atoms with Crippen LogP contribution in [0.15, 0.2) is 72.8 Å². The van der Waals surface area contributed by atoms with E-state index in [0.717, 1.165) is 28.6 Å². The third-order valence-corrected chi connectivity index (χ3v) is 7.04. The van der Waals surface area contributed by atoms with E-state index in [9.17, 15) is 20.4 Å². The molecule has 8 heteroatoms. The molecule has 0 spiro atoms. The molecule has 4 rings (SSSR count). The number of benzene rings is 3. The van der Waals surface area contributed by atoms with Crippen LogP contribution >= 0.6 is 23.4 Å². The normalized spacial score (nSPS) is 24.9. The Hall–Kier alpha value is -2.26. The molecule has 1 aliphatic heterocycles. The van der Waals surface area contributed by atoms with Crippen molar-refractivity contribution >= 4 is 23.4 Å². The first-order valence-corrected chi connectivity index (χ1v) is 11.8. The fourth-order valence-corrected chi connectivity index (χ4v) is 5.08. The predicted octanol–water partition coefficient (Wildman–Crippen LogP) is 3.62. The molecule has 0 unspecified atom stereocenters. The molecule has 0 saturated carbocycles. The molecule has 33 heavy (non-hydrogen) atoms. The van der Waals surface area contributed by atoms with Crippen LogP contribution in [0.5, 0.6) is 17.2 Å². The Balaban J connectivity index is 1.54. The van der Waals surface area contributed by atoms with Crippen molar-refractivity contribution in [3.63, 3.8) is 0 Å². The lowest BCUT2D eigenvalue weighted by Crippen LogP contribution is -2.55. The lowest BCUT2D eigenvalue weighted by atomic mass is 10.0. The highest BCUT2D eigenvalue weighted by molar-refractivity contribution is 8.00. The van der Waals surface area contributed by atoms with Gasteiger partial charge in [0.1, 0.15) is 29.5 Å². The minimum atomic E-state index is -1.42. The molecule has 1 saturated heterocycles. The van der Waals surface area contributed by atoms with E-state index in [2.05, 4.69) is 0 Å². The van der Waals surface area contributed by atoms with E-state index in [1.54, 1.807) is 18.2 Å². The van der Waals surface area contributed by atoms with Gasteiger partial charge in [0.05, 0.1) is 18.0 Å². The first-order chi connectivity index (χ1) is 15.9. The van der Waals surface area contributed by atoms with Gasteiger partial charge in [-0.05, 0) is 48.0 Å². The second-order valence-corrected chi connectivity index (χ2v) is 9.59. The van der Waals surface area contributed by atoms with E-state index >= 15 is 0 Å². The summed E-state index contributed by atoms with van der Waals surface area (Å²) in [6.45, 7) is -0.350. The number of ether oxygens (including phenoxy) is 2. The van der Waals surface area contributed by atoms with E-state index < -0.39 is 29.0 Å². The SMILES string of the molecule is OC[C@H]1S[C@@H](Oc2ccc(Cl)cc2Cc2cccc(Oc3ccccc3)c2)[C@H](O)[C@@H](O)[C@@H]1O. The van der Waals surface area contributed by atoms with Gasteiger partial charge in [0.15, 0.2) is 5.44 Å². The van der Waals surface area contributed by atoms with Gasteiger partial charge >= 0.3 is 0 Å². The Labute approximate surface area is 201 Å². The van der Waals surface area contributed by atoms with Crippen LogP contribution in [0.4, 0.5) is 0 Å². The van der Waals surface area contributed by atoms with E-state index in [0.29, 0.717) is 22.9 Å². The maximum Gasteiger partial charge on any atom is 0.173 e. The number of aliphatic hydroxyl groups excluding tert-OH is 4. The Morgan fingerprint density at radius 3 is 2.33 bits per heavy atom. The number of hydrogen-bond acceptors (Lipinski definition) is 7. The van der Waals surface area contributed by atoms with E-state index in [-0.39, 0.29) is 6.61 Å². The first-order valence-electron chi connectivity index (χ1n) is 10.5. The predicted molar refractivity (Wildman–Crippen MR) is 128 cm³/mol. The summed E-state index contributed by atoms with van der Waals surface area (Å²) >= 11 is 7.32. The summed E-state index contributed by atoms with van der Waals surface area (Å²) in [5, 5.41) is 40.0. The molecule has 174 valence electrons. The quantitative estimate of drug-likeness (QED) is 0.403. The van der Waals surface area contributed by atoms with Crippen LogP contribution in [0.1, 0.15) is 11.1 Å². The van der Waals surface area contributed by atoms with Gasteiger partial charge in [-0.3, -0.25) is 0 Å². The van der Waals surface area contributed by atoms with Gasteiger partial charge in [-0.25, -0.2) is 0 Å². The molecule has 3 aromatic rings. The molecule has 1 aliphatic rings. The third kappa shape index (κ3) is 5.81. The van der Waals surface area contributed by atoms with Crippen LogP contribution in [-0.2, 0) is 6.42 Å².